The van der Waals surface area contributed by atoms with Crippen LogP contribution in [0.3, 0.4) is 0 Å². The maximum atomic E-state index is 12.0. The predicted molar refractivity (Wildman–Crippen MR) is 183 cm³/mol. The number of primary amides is 1. The molecule has 4 amide bonds. The Morgan fingerprint density at radius 1 is 0.608 bits per heavy atom. The minimum atomic E-state index is -1.28. The lowest BCUT2D eigenvalue weighted by Crippen LogP contribution is -2.43. The maximum Gasteiger partial charge on any atom is 0.335 e. The zero-order valence-corrected chi connectivity index (χ0v) is 29.2. The van der Waals surface area contributed by atoms with Gasteiger partial charge in [0.05, 0.1) is 51.8 Å². The molecule has 0 aliphatic heterocycles. The van der Waals surface area contributed by atoms with Gasteiger partial charge in [0.1, 0.15) is 25.0 Å². The first-order valence-corrected chi connectivity index (χ1v) is 17.2. The van der Waals surface area contributed by atoms with Crippen LogP contribution in [0.2, 0.25) is 0 Å². The third-order valence-corrected chi connectivity index (χ3v) is 7.08. The second kappa shape index (κ2) is 29.4. The summed E-state index contributed by atoms with van der Waals surface area (Å²) in [6.07, 6.45) is 7.27. The second-order valence-electron chi connectivity index (χ2n) is 11.4. The molecule has 288 valence electrons. The van der Waals surface area contributed by atoms with Crippen molar-refractivity contribution in [1.82, 2.24) is 16.0 Å². The van der Waals surface area contributed by atoms with E-state index in [0.717, 1.165) is 44.9 Å². The predicted octanol–water partition coefficient (Wildman–Crippen LogP) is 1.02. The number of nitrogens with one attached hydrogen (secondary N) is 3. The van der Waals surface area contributed by atoms with Gasteiger partial charge in [-0.25, -0.2) is 9.59 Å². The molecule has 0 fully saturated rings. The Morgan fingerprint density at radius 2 is 1.14 bits per heavy atom. The SMILES string of the molecule is NC(=O)CC[C@H](NC(=O)COCCOCCNC(=O)COCCOCCNC(=O)CCCCCCCCCOc1ccc(C(=O)O)cc1)C(=O)O. The Bertz CT molecular complexity index is 1170. The molecule has 0 saturated carbocycles. The van der Waals surface area contributed by atoms with Crippen LogP contribution in [0, 0.1) is 0 Å². The van der Waals surface area contributed by atoms with E-state index >= 15 is 0 Å². The van der Waals surface area contributed by atoms with Gasteiger partial charge in [0.25, 0.3) is 0 Å². The number of carboxylic acids is 2. The Labute approximate surface area is 298 Å². The number of nitrogens with two attached hydrogens (primary N) is 1. The molecular weight excluding hydrogens is 672 g/mol. The van der Waals surface area contributed by atoms with Crippen molar-refractivity contribution < 1.29 is 62.7 Å². The summed E-state index contributed by atoms with van der Waals surface area (Å²) in [5.74, 6) is -3.21. The molecule has 1 aromatic carbocycles. The number of aliphatic carboxylic acids is 1. The molecule has 0 unspecified atom stereocenters. The largest absolute Gasteiger partial charge is 0.494 e. The Balaban J connectivity index is 1.83. The highest BCUT2D eigenvalue weighted by Gasteiger charge is 2.20. The van der Waals surface area contributed by atoms with Crippen LogP contribution in [0.25, 0.3) is 0 Å². The van der Waals surface area contributed by atoms with Crippen LogP contribution in [0.15, 0.2) is 24.3 Å². The van der Waals surface area contributed by atoms with Crippen molar-refractivity contribution in [3.8, 4) is 5.75 Å². The molecule has 0 aliphatic carbocycles. The summed E-state index contributed by atoms with van der Waals surface area (Å²) >= 11 is 0. The lowest BCUT2D eigenvalue weighted by atomic mass is 10.1. The van der Waals surface area contributed by atoms with Crippen LogP contribution in [-0.4, -0.2) is 124 Å². The molecule has 7 N–H and O–H groups in total. The standard InChI is InChI=1S/C34H54N4O13/c35-29(39)14-13-28(34(45)46)38-32(42)25-50-23-21-48-19-16-37-31(41)24-49-22-20-47-18-15-36-30(40)8-6-4-2-1-3-5-7-17-51-27-11-9-26(10-12-27)33(43)44/h9-12,28H,1-8,13-25H2,(H2,35,39)(H,36,40)(H,37,41)(H,38,42)(H,43,44)(H,45,46)/t28-/m0/s1. The molecule has 0 heterocycles. The highest BCUT2D eigenvalue weighted by Crippen LogP contribution is 2.14. The van der Waals surface area contributed by atoms with Crippen molar-refractivity contribution in [2.24, 2.45) is 5.73 Å². The summed E-state index contributed by atoms with van der Waals surface area (Å²) in [4.78, 5) is 68.4. The van der Waals surface area contributed by atoms with Gasteiger partial charge in [-0.1, -0.05) is 32.1 Å². The lowest BCUT2D eigenvalue weighted by Gasteiger charge is -2.13. The molecule has 0 spiro atoms. The number of hydrogen-bond acceptors (Lipinski definition) is 11. The van der Waals surface area contributed by atoms with Crippen molar-refractivity contribution in [3.05, 3.63) is 29.8 Å². The lowest BCUT2D eigenvalue weighted by molar-refractivity contribution is -0.143. The summed E-state index contributed by atoms with van der Waals surface area (Å²) in [6, 6.07) is 5.15. The number of carbonyl (C=O) groups excluding carboxylic acids is 4. The molecule has 0 aromatic heterocycles. The van der Waals surface area contributed by atoms with Gasteiger partial charge in [0, 0.05) is 25.9 Å². The van der Waals surface area contributed by atoms with E-state index in [4.69, 9.17) is 39.6 Å². The Kier molecular flexibility index (Phi) is 25.8. The normalized spacial score (nSPS) is 11.4. The molecule has 17 heteroatoms. The number of hydrogen-bond donors (Lipinski definition) is 6. The van der Waals surface area contributed by atoms with Gasteiger partial charge < -0.3 is 55.6 Å². The fourth-order valence-electron chi connectivity index (χ4n) is 4.37. The quantitative estimate of drug-likeness (QED) is 0.0554. The number of ether oxygens (including phenoxy) is 5. The van der Waals surface area contributed by atoms with Gasteiger partial charge in [-0.05, 0) is 43.5 Å². The third-order valence-electron chi connectivity index (χ3n) is 7.08. The average molecular weight is 727 g/mol. The fourth-order valence-corrected chi connectivity index (χ4v) is 4.37. The molecule has 0 aliphatic rings. The summed E-state index contributed by atoms with van der Waals surface area (Å²) in [6.45, 7) is 1.98. The monoisotopic (exact) mass is 726 g/mol. The number of aromatic carboxylic acids is 1. The second-order valence-corrected chi connectivity index (χ2v) is 11.4. The van der Waals surface area contributed by atoms with Gasteiger partial charge in [-0.15, -0.1) is 0 Å². The number of unbranched alkanes of at least 4 members (excludes halogenated alkanes) is 6. The first-order chi connectivity index (χ1) is 24.6. The van der Waals surface area contributed by atoms with Crippen LogP contribution in [0.5, 0.6) is 5.75 Å². The van der Waals surface area contributed by atoms with E-state index in [-0.39, 0.29) is 83.0 Å². The Hall–Kier alpha value is -4.32. The molecule has 0 bridgehead atoms. The molecule has 17 nitrogen and oxygen atoms in total. The molecular formula is C34H54N4O13. The number of rotatable bonds is 33. The molecule has 51 heavy (non-hydrogen) atoms. The molecule has 1 aromatic rings. The number of carboxylic acid groups (broad SMARTS) is 2. The zero-order chi connectivity index (χ0) is 37.5. The number of benzene rings is 1. The minimum absolute atomic E-state index is 0.00943. The van der Waals surface area contributed by atoms with Gasteiger partial charge in [0.15, 0.2) is 0 Å². The van der Waals surface area contributed by atoms with Crippen LogP contribution < -0.4 is 26.4 Å². The third kappa shape index (κ3) is 26.2. The van der Waals surface area contributed by atoms with E-state index < -0.39 is 29.8 Å². The van der Waals surface area contributed by atoms with Gasteiger partial charge >= 0.3 is 11.9 Å². The van der Waals surface area contributed by atoms with E-state index in [2.05, 4.69) is 16.0 Å². The van der Waals surface area contributed by atoms with E-state index in [1.807, 2.05) is 0 Å². The van der Waals surface area contributed by atoms with Gasteiger partial charge in [0.2, 0.25) is 23.6 Å². The molecule has 0 radical (unpaired) electrons. The topological polar surface area (TPSA) is 251 Å². The van der Waals surface area contributed by atoms with Crippen LogP contribution in [0.4, 0.5) is 0 Å². The molecule has 1 atom stereocenters. The van der Waals surface area contributed by atoms with Gasteiger partial charge in [-0.3, -0.25) is 19.2 Å². The first-order valence-electron chi connectivity index (χ1n) is 17.2. The summed E-state index contributed by atoms with van der Waals surface area (Å²) in [5.41, 5.74) is 5.23. The highest BCUT2D eigenvalue weighted by atomic mass is 16.5. The number of amides is 4. The van der Waals surface area contributed by atoms with Crippen LogP contribution in [-0.2, 0) is 42.9 Å². The van der Waals surface area contributed by atoms with Crippen molar-refractivity contribution >= 4 is 35.6 Å². The van der Waals surface area contributed by atoms with E-state index in [1.54, 1.807) is 12.1 Å². The van der Waals surface area contributed by atoms with Crippen molar-refractivity contribution in [2.75, 3.05) is 72.6 Å². The molecule has 0 saturated heterocycles. The zero-order valence-electron chi connectivity index (χ0n) is 29.2. The van der Waals surface area contributed by atoms with Crippen molar-refractivity contribution in [2.45, 2.75) is 70.3 Å². The maximum absolute atomic E-state index is 12.0. The van der Waals surface area contributed by atoms with Crippen molar-refractivity contribution in [1.29, 1.82) is 0 Å². The molecule has 1 rings (SSSR count). The van der Waals surface area contributed by atoms with Gasteiger partial charge in [-0.2, -0.15) is 0 Å². The Morgan fingerprint density at radius 3 is 1.71 bits per heavy atom. The summed E-state index contributed by atoms with van der Waals surface area (Å²) < 4.78 is 26.7. The van der Waals surface area contributed by atoms with Crippen molar-refractivity contribution in [3.63, 3.8) is 0 Å². The van der Waals surface area contributed by atoms with Crippen LogP contribution >= 0.6 is 0 Å². The van der Waals surface area contributed by atoms with E-state index in [1.165, 1.54) is 12.1 Å². The fraction of sp³-hybridized carbons (Fsp3) is 0.647. The summed E-state index contributed by atoms with van der Waals surface area (Å²) in [7, 11) is 0. The minimum Gasteiger partial charge on any atom is -0.494 e. The van der Waals surface area contributed by atoms with E-state index in [9.17, 15) is 28.8 Å². The van der Waals surface area contributed by atoms with E-state index in [0.29, 0.717) is 31.9 Å². The first kappa shape index (κ1) is 44.7. The number of carbonyl (C=O) groups is 6. The highest BCUT2D eigenvalue weighted by molar-refractivity contribution is 5.87. The smallest absolute Gasteiger partial charge is 0.335 e. The average Bonchev–Trinajstić information content (AvgIpc) is 3.09. The van der Waals surface area contributed by atoms with Crippen LogP contribution in [0.1, 0.15) is 74.6 Å². The summed E-state index contributed by atoms with van der Waals surface area (Å²) in [5, 5.41) is 25.7.